The van der Waals surface area contributed by atoms with Crippen LogP contribution in [0, 0.1) is 11.8 Å². The van der Waals surface area contributed by atoms with Crippen LogP contribution in [0.3, 0.4) is 0 Å². The molecular weight excluding hydrogens is 334 g/mol. The predicted molar refractivity (Wildman–Crippen MR) is 107 cm³/mol. The third kappa shape index (κ3) is 4.08. The van der Waals surface area contributed by atoms with Gasteiger partial charge < -0.3 is 10.0 Å². The molecule has 0 aromatic heterocycles. The summed E-state index contributed by atoms with van der Waals surface area (Å²) in [5.74, 6) is 0.666. The van der Waals surface area contributed by atoms with E-state index in [0.29, 0.717) is 18.9 Å². The van der Waals surface area contributed by atoms with Gasteiger partial charge in [-0.15, -0.1) is 0 Å². The quantitative estimate of drug-likeness (QED) is 0.884. The Balaban J connectivity index is 1.66. The van der Waals surface area contributed by atoms with Crippen LogP contribution in [-0.4, -0.2) is 28.1 Å². The van der Waals surface area contributed by atoms with Crippen molar-refractivity contribution >= 4 is 5.91 Å². The molecule has 4 atom stereocenters. The molecule has 2 aromatic carbocycles. The lowest BCUT2D eigenvalue weighted by Crippen LogP contribution is -2.47. The largest absolute Gasteiger partial charge is 0.391 e. The summed E-state index contributed by atoms with van der Waals surface area (Å²) in [6, 6.07) is 20.3. The summed E-state index contributed by atoms with van der Waals surface area (Å²) < 4.78 is 0. The zero-order valence-corrected chi connectivity index (χ0v) is 15.8. The van der Waals surface area contributed by atoms with Crippen LogP contribution in [0.5, 0.6) is 0 Å². The number of benzene rings is 2. The highest BCUT2D eigenvalue weighted by atomic mass is 16.3. The number of amides is 1. The van der Waals surface area contributed by atoms with Gasteiger partial charge in [0.05, 0.1) is 12.1 Å². The minimum Gasteiger partial charge on any atom is -0.391 e. The molecule has 4 unspecified atom stereocenters. The highest BCUT2D eigenvalue weighted by molar-refractivity contribution is 5.80. The van der Waals surface area contributed by atoms with E-state index in [1.807, 2.05) is 41.3 Å². The smallest absolute Gasteiger partial charge is 0.226 e. The molecule has 0 radical (unpaired) electrons. The molecule has 1 aliphatic heterocycles. The fraction of sp³-hybridized carbons (Fsp3) is 0.458. The Kier molecular flexibility index (Phi) is 5.58. The molecule has 3 heteroatoms. The number of hydrogen-bond donors (Lipinski definition) is 1. The van der Waals surface area contributed by atoms with Crippen LogP contribution >= 0.6 is 0 Å². The summed E-state index contributed by atoms with van der Waals surface area (Å²) >= 11 is 0. The summed E-state index contributed by atoms with van der Waals surface area (Å²) in [5.41, 5.74) is 2.31. The zero-order chi connectivity index (χ0) is 18.6. The first-order valence-corrected chi connectivity index (χ1v) is 10.3. The Hall–Kier alpha value is -2.13. The molecule has 27 heavy (non-hydrogen) atoms. The van der Waals surface area contributed by atoms with Crippen LogP contribution in [0.1, 0.15) is 43.2 Å². The van der Waals surface area contributed by atoms with Crippen LogP contribution in [0.15, 0.2) is 60.7 Å². The van der Waals surface area contributed by atoms with E-state index in [1.165, 1.54) is 12.0 Å². The first kappa shape index (κ1) is 18.2. The van der Waals surface area contributed by atoms with Crippen molar-refractivity contribution in [3.05, 3.63) is 71.8 Å². The number of rotatable bonds is 4. The van der Waals surface area contributed by atoms with Gasteiger partial charge >= 0.3 is 0 Å². The second-order valence-electron chi connectivity index (χ2n) is 8.16. The van der Waals surface area contributed by atoms with Crippen molar-refractivity contribution in [2.75, 3.05) is 0 Å². The number of hydrogen-bond acceptors (Lipinski definition) is 2. The number of carbonyl (C=O) groups excluding carboxylic acids is 1. The van der Waals surface area contributed by atoms with Gasteiger partial charge in [0.2, 0.25) is 5.91 Å². The lowest BCUT2D eigenvalue weighted by Gasteiger charge is -2.35. The summed E-state index contributed by atoms with van der Waals surface area (Å²) in [4.78, 5) is 15.5. The van der Waals surface area contributed by atoms with Crippen LogP contribution in [0.25, 0.3) is 0 Å². The van der Waals surface area contributed by atoms with Gasteiger partial charge in [-0.05, 0) is 42.7 Å². The van der Waals surface area contributed by atoms with Crippen molar-refractivity contribution in [2.24, 2.45) is 11.8 Å². The van der Waals surface area contributed by atoms with E-state index in [-0.39, 0.29) is 17.9 Å². The van der Waals surface area contributed by atoms with Crippen LogP contribution in [-0.2, 0) is 17.8 Å². The van der Waals surface area contributed by atoms with Gasteiger partial charge in [0, 0.05) is 12.5 Å². The van der Waals surface area contributed by atoms with E-state index >= 15 is 0 Å². The molecule has 2 aromatic rings. The van der Waals surface area contributed by atoms with E-state index in [2.05, 4.69) is 24.3 Å². The van der Waals surface area contributed by atoms with Crippen LogP contribution in [0.4, 0.5) is 0 Å². The molecular formula is C24H29NO2. The maximum absolute atomic E-state index is 13.5. The highest BCUT2D eigenvalue weighted by Gasteiger charge is 2.43. The lowest BCUT2D eigenvalue weighted by molar-refractivity contribution is -0.141. The lowest BCUT2D eigenvalue weighted by atomic mass is 9.76. The Morgan fingerprint density at radius 1 is 0.889 bits per heavy atom. The summed E-state index contributed by atoms with van der Waals surface area (Å²) in [6.07, 6.45) is 5.35. The Labute approximate surface area is 162 Å². The van der Waals surface area contributed by atoms with Crippen molar-refractivity contribution in [1.82, 2.24) is 4.90 Å². The summed E-state index contributed by atoms with van der Waals surface area (Å²) in [6.45, 7) is 0.581. The van der Waals surface area contributed by atoms with Crippen LogP contribution < -0.4 is 0 Å². The second kappa shape index (κ2) is 8.26. The minimum absolute atomic E-state index is 0.0814. The maximum atomic E-state index is 13.5. The molecule has 2 aliphatic rings. The Morgan fingerprint density at radius 3 is 2.22 bits per heavy atom. The number of aliphatic hydroxyl groups excluding tert-OH is 1. The summed E-state index contributed by atoms with van der Waals surface area (Å²) in [5, 5.41) is 11.1. The molecule has 1 saturated carbocycles. The first-order valence-electron chi connectivity index (χ1n) is 10.3. The van der Waals surface area contributed by atoms with Gasteiger partial charge in [0.15, 0.2) is 0 Å². The molecule has 4 rings (SSSR count). The fourth-order valence-corrected chi connectivity index (χ4v) is 4.94. The number of carbonyl (C=O) groups is 1. The SMILES string of the molecule is O=C1C2CCCCC2CC(O)C(Cc2ccccc2)N1Cc1ccccc1. The van der Waals surface area contributed by atoms with Crippen molar-refractivity contribution < 1.29 is 9.90 Å². The highest BCUT2D eigenvalue weighted by Crippen LogP contribution is 2.39. The average Bonchev–Trinajstić information content (AvgIpc) is 2.80. The van der Waals surface area contributed by atoms with Crippen molar-refractivity contribution in [3.63, 3.8) is 0 Å². The Bertz CT molecular complexity index is 745. The van der Waals surface area contributed by atoms with Crippen molar-refractivity contribution in [3.8, 4) is 0 Å². The zero-order valence-electron chi connectivity index (χ0n) is 15.8. The molecule has 1 N–H and O–H groups in total. The molecule has 1 aliphatic carbocycles. The normalized spacial score (nSPS) is 28.5. The monoisotopic (exact) mass is 363 g/mol. The Morgan fingerprint density at radius 2 is 1.52 bits per heavy atom. The molecule has 142 valence electrons. The van der Waals surface area contributed by atoms with Gasteiger partial charge in [0.1, 0.15) is 0 Å². The molecule has 0 spiro atoms. The van der Waals surface area contributed by atoms with Crippen molar-refractivity contribution in [2.45, 2.75) is 57.2 Å². The van der Waals surface area contributed by atoms with Gasteiger partial charge in [0.25, 0.3) is 0 Å². The van der Waals surface area contributed by atoms with Gasteiger partial charge in [-0.25, -0.2) is 0 Å². The van der Waals surface area contributed by atoms with Crippen LogP contribution in [0.2, 0.25) is 0 Å². The molecule has 1 heterocycles. The van der Waals surface area contributed by atoms with E-state index in [4.69, 9.17) is 0 Å². The third-order valence-electron chi connectivity index (χ3n) is 6.38. The summed E-state index contributed by atoms with van der Waals surface area (Å²) in [7, 11) is 0. The fourth-order valence-electron chi connectivity index (χ4n) is 4.94. The number of fused-ring (bicyclic) bond motifs is 1. The standard InChI is InChI=1S/C24H29NO2/c26-23-16-20-13-7-8-14-21(20)24(27)25(17-19-11-5-2-6-12-19)22(23)15-18-9-3-1-4-10-18/h1-6,9-12,20-23,26H,7-8,13-17H2. The van der Waals surface area contributed by atoms with Gasteiger partial charge in [-0.3, -0.25) is 4.79 Å². The first-order chi connectivity index (χ1) is 13.2. The molecule has 3 nitrogen and oxygen atoms in total. The molecule has 1 saturated heterocycles. The minimum atomic E-state index is -0.467. The maximum Gasteiger partial charge on any atom is 0.226 e. The average molecular weight is 364 g/mol. The van der Waals surface area contributed by atoms with Gasteiger partial charge in [-0.2, -0.15) is 0 Å². The van der Waals surface area contributed by atoms with E-state index < -0.39 is 6.10 Å². The van der Waals surface area contributed by atoms with Crippen molar-refractivity contribution in [1.29, 1.82) is 0 Å². The topological polar surface area (TPSA) is 40.5 Å². The van der Waals surface area contributed by atoms with Gasteiger partial charge in [-0.1, -0.05) is 73.5 Å². The number of nitrogens with zero attached hydrogens (tertiary/aromatic N) is 1. The predicted octanol–water partition coefficient (Wildman–Crippen LogP) is 4.20. The molecule has 1 amide bonds. The van der Waals surface area contributed by atoms with E-state index in [9.17, 15) is 9.90 Å². The van der Waals surface area contributed by atoms with E-state index in [1.54, 1.807) is 0 Å². The molecule has 0 bridgehead atoms. The molecule has 2 fully saturated rings. The number of likely N-dealkylation sites (tertiary alicyclic amines) is 1. The third-order valence-corrected chi connectivity index (χ3v) is 6.38. The second-order valence-corrected chi connectivity index (χ2v) is 8.16. The van der Waals surface area contributed by atoms with E-state index in [0.717, 1.165) is 31.2 Å². The number of aliphatic hydroxyl groups is 1.